The zero-order chi connectivity index (χ0) is 11.8. The van der Waals surface area contributed by atoms with E-state index in [1.165, 1.54) is 12.3 Å². The molecule has 88 valence electrons. The molecule has 2 rings (SSSR count). The first-order valence-corrected chi connectivity index (χ1v) is 5.49. The van der Waals surface area contributed by atoms with Crippen molar-refractivity contribution in [3.05, 3.63) is 29.8 Å². The van der Waals surface area contributed by atoms with E-state index in [4.69, 9.17) is 4.74 Å². The first kappa shape index (κ1) is 11.5. The Kier molecular flexibility index (Phi) is 2.95. The molecule has 0 spiro atoms. The summed E-state index contributed by atoms with van der Waals surface area (Å²) in [6.45, 7) is 6.87. The standard InChI is InChI=1S/C12H17FN2O/c1-8-11(16-7-12(2,3)15-8)10-5-4-9(13)6-14-10/h4-6,8,11,15H,7H2,1-3H3. The molecule has 0 aromatic carbocycles. The lowest BCUT2D eigenvalue weighted by Gasteiger charge is -2.40. The molecule has 4 heteroatoms. The average molecular weight is 224 g/mol. The molecule has 0 amide bonds. The minimum Gasteiger partial charge on any atom is -0.368 e. The van der Waals surface area contributed by atoms with Gasteiger partial charge >= 0.3 is 0 Å². The van der Waals surface area contributed by atoms with E-state index in [1.54, 1.807) is 6.07 Å². The van der Waals surface area contributed by atoms with Crippen molar-refractivity contribution in [2.24, 2.45) is 0 Å². The second-order valence-electron chi connectivity index (χ2n) is 4.95. The van der Waals surface area contributed by atoms with E-state index in [0.29, 0.717) is 6.61 Å². The van der Waals surface area contributed by atoms with E-state index >= 15 is 0 Å². The van der Waals surface area contributed by atoms with Gasteiger partial charge in [0.15, 0.2) is 0 Å². The second-order valence-corrected chi connectivity index (χ2v) is 4.95. The lowest BCUT2D eigenvalue weighted by Crippen LogP contribution is -2.55. The maximum Gasteiger partial charge on any atom is 0.141 e. The summed E-state index contributed by atoms with van der Waals surface area (Å²) in [5.41, 5.74) is 0.757. The van der Waals surface area contributed by atoms with Gasteiger partial charge < -0.3 is 10.1 Å². The molecule has 1 N–H and O–H groups in total. The van der Waals surface area contributed by atoms with E-state index in [2.05, 4.69) is 31.1 Å². The summed E-state index contributed by atoms with van der Waals surface area (Å²) in [5.74, 6) is -0.319. The van der Waals surface area contributed by atoms with Crippen LogP contribution in [0.15, 0.2) is 18.3 Å². The molecule has 0 saturated carbocycles. The largest absolute Gasteiger partial charge is 0.368 e. The van der Waals surface area contributed by atoms with Gasteiger partial charge in [-0.25, -0.2) is 4.39 Å². The Labute approximate surface area is 95.0 Å². The Hall–Kier alpha value is -1.00. The van der Waals surface area contributed by atoms with Crippen LogP contribution in [0.3, 0.4) is 0 Å². The van der Waals surface area contributed by atoms with Crippen molar-refractivity contribution < 1.29 is 9.13 Å². The van der Waals surface area contributed by atoms with Crippen molar-refractivity contribution in [3.8, 4) is 0 Å². The number of hydrogen-bond acceptors (Lipinski definition) is 3. The lowest BCUT2D eigenvalue weighted by molar-refractivity contribution is -0.0516. The number of rotatable bonds is 1. The van der Waals surface area contributed by atoms with Crippen molar-refractivity contribution in [2.45, 2.75) is 38.5 Å². The van der Waals surface area contributed by atoms with Crippen molar-refractivity contribution in [1.82, 2.24) is 10.3 Å². The molecule has 3 nitrogen and oxygen atoms in total. The van der Waals surface area contributed by atoms with Crippen LogP contribution in [0, 0.1) is 5.82 Å². The third kappa shape index (κ3) is 2.39. The highest BCUT2D eigenvalue weighted by atomic mass is 19.1. The first-order valence-electron chi connectivity index (χ1n) is 5.49. The highest BCUT2D eigenvalue weighted by Gasteiger charge is 2.33. The third-order valence-electron chi connectivity index (χ3n) is 2.74. The molecule has 1 aromatic rings. The number of nitrogens with zero attached hydrogens (tertiary/aromatic N) is 1. The van der Waals surface area contributed by atoms with Gasteiger partial charge in [-0.1, -0.05) is 0 Å². The van der Waals surface area contributed by atoms with Crippen molar-refractivity contribution in [1.29, 1.82) is 0 Å². The van der Waals surface area contributed by atoms with E-state index < -0.39 is 0 Å². The van der Waals surface area contributed by atoms with E-state index in [0.717, 1.165) is 5.69 Å². The molecule has 1 aliphatic heterocycles. The van der Waals surface area contributed by atoms with Crippen molar-refractivity contribution >= 4 is 0 Å². The van der Waals surface area contributed by atoms with Gasteiger partial charge in [-0.15, -0.1) is 0 Å². The fourth-order valence-corrected chi connectivity index (χ4v) is 2.07. The van der Waals surface area contributed by atoms with E-state index in [1.807, 2.05) is 0 Å². The fourth-order valence-electron chi connectivity index (χ4n) is 2.07. The summed E-state index contributed by atoms with van der Waals surface area (Å²) in [6, 6.07) is 3.26. The number of aromatic nitrogens is 1. The molecule has 16 heavy (non-hydrogen) atoms. The Morgan fingerprint density at radius 1 is 1.50 bits per heavy atom. The topological polar surface area (TPSA) is 34.1 Å². The Morgan fingerprint density at radius 2 is 2.25 bits per heavy atom. The summed E-state index contributed by atoms with van der Waals surface area (Å²) in [4.78, 5) is 4.06. The van der Waals surface area contributed by atoms with Gasteiger partial charge in [0.1, 0.15) is 11.9 Å². The maximum absolute atomic E-state index is 12.8. The number of halogens is 1. The predicted molar refractivity (Wildman–Crippen MR) is 59.6 cm³/mol. The highest BCUT2D eigenvalue weighted by Crippen LogP contribution is 2.26. The molecule has 1 fully saturated rings. The van der Waals surface area contributed by atoms with E-state index in [9.17, 15) is 4.39 Å². The van der Waals surface area contributed by atoms with Gasteiger partial charge in [-0.3, -0.25) is 4.98 Å². The number of hydrogen-bond donors (Lipinski definition) is 1. The SMILES string of the molecule is CC1NC(C)(C)COC1c1ccc(F)cn1. The number of nitrogens with one attached hydrogen (secondary N) is 1. The van der Waals surface area contributed by atoms with Crippen LogP contribution >= 0.6 is 0 Å². The molecular weight excluding hydrogens is 207 g/mol. The lowest BCUT2D eigenvalue weighted by atomic mass is 9.98. The average Bonchev–Trinajstić information content (AvgIpc) is 2.19. The van der Waals surface area contributed by atoms with Gasteiger partial charge in [0.05, 0.1) is 18.5 Å². The molecule has 1 aromatic heterocycles. The summed E-state index contributed by atoms with van der Waals surface area (Å²) in [7, 11) is 0. The Morgan fingerprint density at radius 3 is 2.81 bits per heavy atom. The van der Waals surface area contributed by atoms with Crippen LogP contribution < -0.4 is 5.32 Å². The number of morpholine rings is 1. The molecule has 1 saturated heterocycles. The second kappa shape index (κ2) is 4.11. The van der Waals surface area contributed by atoms with Crippen LogP contribution in [-0.4, -0.2) is 23.2 Å². The summed E-state index contributed by atoms with van der Waals surface area (Å²) in [5, 5.41) is 3.46. The van der Waals surface area contributed by atoms with Crippen LogP contribution in [0.25, 0.3) is 0 Å². The zero-order valence-corrected chi connectivity index (χ0v) is 9.83. The smallest absolute Gasteiger partial charge is 0.141 e. The summed E-state index contributed by atoms with van der Waals surface area (Å²) >= 11 is 0. The molecule has 0 bridgehead atoms. The molecule has 0 aliphatic carbocycles. The fraction of sp³-hybridized carbons (Fsp3) is 0.583. The molecule has 2 heterocycles. The number of pyridine rings is 1. The van der Waals surface area contributed by atoms with Gasteiger partial charge in [-0.2, -0.15) is 0 Å². The van der Waals surface area contributed by atoms with Gasteiger partial charge in [0.2, 0.25) is 0 Å². The molecule has 2 atom stereocenters. The van der Waals surface area contributed by atoms with E-state index in [-0.39, 0.29) is 23.5 Å². The summed E-state index contributed by atoms with van der Waals surface area (Å²) in [6.07, 6.45) is 1.12. The van der Waals surface area contributed by atoms with Crippen LogP contribution in [0.2, 0.25) is 0 Å². The minimum absolute atomic E-state index is 0.0179. The molecular formula is C12H17FN2O. The van der Waals surface area contributed by atoms with Gasteiger partial charge in [0, 0.05) is 11.6 Å². The summed E-state index contributed by atoms with van der Waals surface area (Å²) < 4.78 is 18.5. The van der Waals surface area contributed by atoms with Crippen LogP contribution in [0.5, 0.6) is 0 Å². The monoisotopic (exact) mass is 224 g/mol. The highest BCUT2D eigenvalue weighted by molar-refractivity contribution is 5.11. The molecule has 1 aliphatic rings. The van der Waals surface area contributed by atoms with Crippen molar-refractivity contribution in [2.75, 3.05) is 6.61 Å². The molecule has 2 unspecified atom stereocenters. The quantitative estimate of drug-likeness (QED) is 0.792. The number of ether oxygens (including phenoxy) is 1. The third-order valence-corrected chi connectivity index (χ3v) is 2.74. The maximum atomic E-state index is 12.8. The van der Waals surface area contributed by atoms with Crippen LogP contribution in [-0.2, 0) is 4.74 Å². The predicted octanol–water partition coefficient (Wildman–Crippen LogP) is 2.05. The Balaban J connectivity index is 2.14. The zero-order valence-electron chi connectivity index (χ0n) is 9.83. The normalized spacial score (nSPS) is 29.0. The van der Waals surface area contributed by atoms with Gasteiger partial charge in [-0.05, 0) is 32.9 Å². The molecule has 0 radical (unpaired) electrons. The van der Waals surface area contributed by atoms with Crippen LogP contribution in [0.4, 0.5) is 4.39 Å². The van der Waals surface area contributed by atoms with Crippen LogP contribution in [0.1, 0.15) is 32.6 Å². The van der Waals surface area contributed by atoms with Gasteiger partial charge in [0.25, 0.3) is 0 Å². The minimum atomic E-state index is -0.319. The van der Waals surface area contributed by atoms with Crippen molar-refractivity contribution in [3.63, 3.8) is 0 Å². The Bertz CT molecular complexity index is 364. The first-order chi connectivity index (χ1) is 7.48.